The highest BCUT2D eigenvalue weighted by molar-refractivity contribution is 6.34. The first-order valence-electron chi connectivity index (χ1n) is 11.2. The lowest BCUT2D eigenvalue weighted by atomic mass is 10.1. The fraction of sp³-hybridized carbons (Fsp3) is 0.280. The Bertz CT molecular complexity index is 1550. The van der Waals surface area contributed by atoms with Crippen LogP contribution in [-0.2, 0) is 7.05 Å². The molecule has 2 aromatic carbocycles. The molecule has 1 fully saturated rings. The van der Waals surface area contributed by atoms with Gasteiger partial charge in [-0.15, -0.1) is 0 Å². The Kier molecular flexibility index (Phi) is 6.20. The summed E-state index contributed by atoms with van der Waals surface area (Å²) in [4.78, 5) is 25.1. The molecular weight excluding hydrogens is 504 g/mol. The van der Waals surface area contributed by atoms with Gasteiger partial charge in [0.15, 0.2) is 5.69 Å². The van der Waals surface area contributed by atoms with Crippen LogP contribution in [0.3, 0.4) is 0 Å². The molecule has 4 aromatic rings. The van der Waals surface area contributed by atoms with Crippen LogP contribution in [0.25, 0.3) is 32.8 Å². The van der Waals surface area contributed by atoms with Gasteiger partial charge in [0.25, 0.3) is 5.91 Å². The number of aryl methyl sites for hydroxylation is 1. The largest absolute Gasteiger partial charge is 0.336 e. The lowest BCUT2D eigenvalue weighted by Gasteiger charge is -2.20. The van der Waals surface area contributed by atoms with Crippen molar-refractivity contribution in [3.05, 3.63) is 69.6 Å². The third-order valence-corrected chi connectivity index (χ3v) is 7.33. The highest BCUT2D eigenvalue weighted by Crippen LogP contribution is 2.35. The standard InChI is InChI=1S/C25H22Cl2FN7O/c1-29-20-7-5-14(11-18(20)28)24-30-21(25(36)34-10-9-16(13-34)32(2)3)23(27)35(24)15-6-8-19-17(12-15)22(26)33(4)31-19/h5-8,11-12,16H,9-10,13H2,2-4H3/t16-/m0/s1. The van der Waals surface area contributed by atoms with E-state index in [4.69, 9.17) is 29.8 Å². The molecule has 1 saturated heterocycles. The predicted molar refractivity (Wildman–Crippen MR) is 138 cm³/mol. The van der Waals surface area contributed by atoms with Gasteiger partial charge < -0.3 is 9.80 Å². The van der Waals surface area contributed by atoms with Gasteiger partial charge in [-0.3, -0.25) is 14.0 Å². The third-order valence-electron chi connectivity index (χ3n) is 6.53. The maximum atomic E-state index is 14.6. The van der Waals surface area contributed by atoms with Gasteiger partial charge in [0.05, 0.1) is 12.1 Å². The average Bonchev–Trinajstić information content (AvgIpc) is 3.55. The van der Waals surface area contributed by atoms with E-state index < -0.39 is 5.82 Å². The van der Waals surface area contributed by atoms with Crippen LogP contribution in [0, 0.1) is 12.4 Å². The van der Waals surface area contributed by atoms with Gasteiger partial charge in [0.1, 0.15) is 21.9 Å². The van der Waals surface area contributed by atoms with Gasteiger partial charge in [-0.1, -0.05) is 35.3 Å². The number of carbonyl (C=O) groups excluding carboxylic acids is 1. The maximum Gasteiger partial charge on any atom is 0.275 e. The number of carbonyl (C=O) groups is 1. The van der Waals surface area contributed by atoms with Crippen LogP contribution in [0.5, 0.6) is 0 Å². The summed E-state index contributed by atoms with van der Waals surface area (Å²) in [6, 6.07) is 9.84. The molecule has 1 amide bonds. The van der Waals surface area contributed by atoms with Crippen molar-refractivity contribution in [2.45, 2.75) is 12.5 Å². The van der Waals surface area contributed by atoms with E-state index in [0.29, 0.717) is 40.4 Å². The Morgan fingerprint density at radius 3 is 2.64 bits per heavy atom. The van der Waals surface area contributed by atoms with Crippen molar-refractivity contribution in [3.63, 3.8) is 0 Å². The van der Waals surface area contributed by atoms with Gasteiger partial charge in [0, 0.05) is 42.8 Å². The molecule has 1 aliphatic rings. The quantitative estimate of drug-likeness (QED) is 0.343. The minimum Gasteiger partial charge on any atom is -0.336 e. The van der Waals surface area contributed by atoms with E-state index in [0.717, 1.165) is 6.42 Å². The monoisotopic (exact) mass is 525 g/mol. The summed E-state index contributed by atoms with van der Waals surface area (Å²) in [6.45, 7) is 8.30. The zero-order chi connectivity index (χ0) is 25.7. The summed E-state index contributed by atoms with van der Waals surface area (Å²) < 4.78 is 17.7. The summed E-state index contributed by atoms with van der Waals surface area (Å²) in [5.74, 6) is -0.690. The Hall–Kier alpha value is -3.45. The number of imidazole rings is 1. The maximum absolute atomic E-state index is 14.6. The molecule has 184 valence electrons. The summed E-state index contributed by atoms with van der Waals surface area (Å²) in [5, 5.41) is 5.62. The number of aromatic nitrogens is 4. The Morgan fingerprint density at radius 2 is 1.97 bits per heavy atom. The molecule has 8 nitrogen and oxygen atoms in total. The van der Waals surface area contributed by atoms with Gasteiger partial charge in [-0.25, -0.2) is 14.2 Å². The minimum atomic E-state index is -0.680. The van der Waals surface area contributed by atoms with E-state index >= 15 is 0 Å². The van der Waals surface area contributed by atoms with Crippen molar-refractivity contribution in [1.29, 1.82) is 0 Å². The summed E-state index contributed by atoms with van der Waals surface area (Å²) in [7, 11) is 5.71. The van der Waals surface area contributed by atoms with Crippen molar-refractivity contribution < 1.29 is 9.18 Å². The molecule has 11 heteroatoms. The normalized spacial score (nSPS) is 15.7. The third kappa shape index (κ3) is 4.01. The van der Waals surface area contributed by atoms with E-state index in [2.05, 4.69) is 19.8 Å². The van der Waals surface area contributed by atoms with Crippen LogP contribution in [0.1, 0.15) is 16.9 Å². The second-order valence-electron chi connectivity index (χ2n) is 8.96. The fourth-order valence-corrected chi connectivity index (χ4v) is 4.99. The fourth-order valence-electron chi connectivity index (χ4n) is 4.50. The molecule has 3 heterocycles. The lowest BCUT2D eigenvalue weighted by Crippen LogP contribution is -2.34. The van der Waals surface area contributed by atoms with Gasteiger partial charge >= 0.3 is 0 Å². The number of likely N-dealkylation sites (tertiary alicyclic amines) is 1. The van der Waals surface area contributed by atoms with Crippen LogP contribution >= 0.6 is 23.2 Å². The summed E-state index contributed by atoms with van der Waals surface area (Å²) in [5.41, 5.74) is 1.64. The molecule has 0 bridgehead atoms. The van der Waals surface area contributed by atoms with Crippen LogP contribution < -0.4 is 0 Å². The SMILES string of the molecule is [C-]#[N+]c1ccc(-c2nc(C(=O)N3CC[C@H](N(C)C)C3)c(Cl)n2-c2ccc3nn(C)c(Cl)c3c2)cc1F. The van der Waals surface area contributed by atoms with E-state index in [1.807, 2.05) is 14.1 Å². The smallest absolute Gasteiger partial charge is 0.275 e. The number of rotatable bonds is 4. The Morgan fingerprint density at radius 1 is 1.19 bits per heavy atom. The Labute approximate surface area is 217 Å². The average molecular weight is 526 g/mol. The predicted octanol–water partition coefficient (Wildman–Crippen LogP) is 5.20. The highest BCUT2D eigenvalue weighted by atomic mass is 35.5. The molecule has 0 aliphatic carbocycles. The van der Waals surface area contributed by atoms with Crippen molar-refractivity contribution in [2.24, 2.45) is 7.05 Å². The van der Waals surface area contributed by atoms with Gasteiger partial charge in [0.2, 0.25) is 5.69 Å². The highest BCUT2D eigenvalue weighted by Gasteiger charge is 2.32. The number of fused-ring (bicyclic) bond motifs is 1. The van der Waals surface area contributed by atoms with Crippen LogP contribution in [0.4, 0.5) is 10.1 Å². The number of benzene rings is 2. The molecule has 0 spiro atoms. The van der Waals surface area contributed by atoms with E-state index in [9.17, 15) is 9.18 Å². The first-order valence-corrected chi connectivity index (χ1v) is 12.0. The van der Waals surface area contributed by atoms with Crippen LogP contribution in [0.15, 0.2) is 36.4 Å². The molecule has 5 rings (SSSR count). The number of hydrogen-bond acceptors (Lipinski definition) is 4. The number of hydrogen-bond donors (Lipinski definition) is 0. The number of halogens is 3. The number of likely N-dealkylation sites (N-methyl/N-ethyl adjacent to an activating group) is 1. The molecule has 0 N–H and O–H groups in total. The second-order valence-corrected chi connectivity index (χ2v) is 9.68. The van der Waals surface area contributed by atoms with Crippen LogP contribution in [0.2, 0.25) is 10.3 Å². The molecule has 1 atom stereocenters. The van der Waals surface area contributed by atoms with Gasteiger partial charge in [-0.05, 0) is 44.8 Å². The lowest BCUT2D eigenvalue weighted by molar-refractivity contribution is 0.0778. The summed E-state index contributed by atoms with van der Waals surface area (Å²) >= 11 is 13.3. The zero-order valence-corrected chi connectivity index (χ0v) is 21.3. The molecule has 0 unspecified atom stereocenters. The van der Waals surface area contributed by atoms with E-state index in [1.165, 1.54) is 12.1 Å². The second kappa shape index (κ2) is 9.21. The van der Waals surface area contributed by atoms with Crippen molar-refractivity contribution in [1.82, 2.24) is 29.1 Å². The first kappa shape index (κ1) is 24.3. The molecular formula is C25H22Cl2FN7O. The zero-order valence-electron chi connectivity index (χ0n) is 19.8. The molecule has 0 radical (unpaired) electrons. The molecule has 0 saturated carbocycles. The van der Waals surface area contributed by atoms with Crippen LogP contribution in [-0.4, -0.2) is 68.3 Å². The summed E-state index contributed by atoms with van der Waals surface area (Å²) in [6.07, 6.45) is 0.851. The topological polar surface area (TPSA) is 63.6 Å². The van der Waals surface area contributed by atoms with Crippen molar-refractivity contribution >= 4 is 45.7 Å². The van der Waals surface area contributed by atoms with Crippen molar-refractivity contribution in [2.75, 3.05) is 27.2 Å². The van der Waals surface area contributed by atoms with Crippen molar-refractivity contribution in [3.8, 4) is 17.1 Å². The first-order chi connectivity index (χ1) is 17.2. The minimum absolute atomic E-state index is 0.0816. The molecule has 2 aromatic heterocycles. The number of nitrogens with zero attached hydrogens (tertiary/aromatic N) is 7. The number of amides is 1. The Balaban J connectivity index is 1.67. The molecule has 36 heavy (non-hydrogen) atoms. The molecule has 1 aliphatic heterocycles. The van der Waals surface area contributed by atoms with Gasteiger partial charge in [-0.2, -0.15) is 5.10 Å². The van der Waals surface area contributed by atoms with E-state index in [1.54, 1.807) is 45.5 Å². The van der Waals surface area contributed by atoms with E-state index in [-0.39, 0.29) is 34.3 Å².